The number of carbonyl (C=O) groups excluding carboxylic acids is 1. The highest BCUT2D eigenvalue weighted by molar-refractivity contribution is 5.79. The van der Waals surface area contributed by atoms with Crippen LogP contribution in [0.4, 0.5) is 0 Å². The van der Waals surface area contributed by atoms with Gasteiger partial charge in [0, 0.05) is 11.6 Å². The third-order valence-electron chi connectivity index (χ3n) is 2.95. The molecule has 0 fully saturated rings. The largest absolute Gasteiger partial charge is 0.496 e. The Bertz CT molecular complexity index is 445. The van der Waals surface area contributed by atoms with Crippen molar-refractivity contribution in [3.63, 3.8) is 0 Å². The van der Waals surface area contributed by atoms with Gasteiger partial charge in [0.1, 0.15) is 5.75 Å². The van der Waals surface area contributed by atoms with Crippen molar-refractivity contribution >= 4 is 5.91 Å². The maximum atomic E-state index is 11.9. The summed E-state index contributed by atoms with van der Waals surface area (Å²) in [7, 11) is 1.63. The van der Waals surface area contributed by atoms with Crippen LogP contribution in [-0.2, 0) is 16.6 Å². The number of hydrogen-bond acceptors (Lipinski definition) is 2. The van der Waals surface area contributed by atoms with Gasteiger partial charge in [-0.25, -0.2) is 0 Å². The summed E-state index contributed by atoms with van der Waals surface area (Å²) in [5, 5.41) is 2.91. The van der Waals surface area contributed by atoms with Crippen molar-refractivity contribution < 1.29 is 9.53 Å². The number of nitrogens with one attached hydrogen (secondary N) is 1. The number of benzene rings is 1. The summed E-state index contributed by atoms with van der Waals surface area (Å²) < 4.78 is 5.34. The zero-order valence-corrected chi connectivity index (χ0v) is 12.8. The van der Waals surface area contributed by atoms with Gasteiger partial charge in [-0.1, -0.05) is 32.9 Å². The molecule has 3 nitrogen and oxygen atoms in total. The molecule has 19 heavy (non-hydrogen) atoms. The molecule has 1 aromatic rings. The number of ether oxygens (including phenoxy) is 1. The fourth-order valence-corrected chi connectivity index (χ4v) is 1.93. The highest BCUT2D eigenvalue weighted by Crippen LogP contribution is 2.28. The minimum Gasteiger partial charge on any atom is -0.496 e. The standard InChI is InChI=1S/C16H25NO2/c1-11(2)17-15(18)10-12-9-13(16(3,4)5)7-8-14(12)19-6/h7-9,11H,10H2,1-6H3,(H,17,18). The number of amides is 1. The van der Waals surface area contributed by atoms with E-state index in [1.807, 2.05) is 19.9 Å². The second-order valence-corrected chi connectivity index (χ2v) is 6.18. The smallest absolute Gasteiger partial charge is 0.224 e. The van der Waals surface area contributed by atoms with Crippen LogP contribution in [0.2, 0.25) is 0 Å². The molecule has 0 aliphatic carbocycles. The lowest BCUT2D eigenvalue weighted by atomic mass is 9.85. The molecule has 0 unspecified atom stereocenters. The number of rotatable bonds is 4. The molecule has 0 bridgehead atoms. The van der Waals surface area contributed by atoms with Crippen molar-refractivity contribution in [1.29, 1.82) is 0 Å². The van der Waals surface area contributed by atoms with Crippen LogP contribution >= 0.6 is 0 Å². The van der Waals surface area contributed by atoms with E-state index in [0.29, 0.717) is 6.42 Å². The van der Waals surface area contributed by atoms with E-state index in [0.717, 1.165) is 11.3 Å². The van der Waals surface area contributed by atoms with E-state index in [9.17, 15) is 4.79 Å². The fourth-order valence-electron chi connectivity index (χ4n) is 1.93. The van der Waals surface area contributed by atoms with Gasteiger partial charge in [0.05, 0.1) is 13.5 Å². The molecular formula is C16H25NO2. The molecule has 0 atom stereocenters. The Labute approximate surface area is 116 Å². The quantitative estimate of drug-likeness (QED) is 0.906. The topological polar surface area (TPSA) is 38.3 Å². The molecule has 1 aromatic carbocycles. The fraction of sp³-hybridized carbons (Fsp3) is 0.562. The first kappa shape index (κ1) is 15.5. The van der Waals surface area contributed by atoms with Gasteiger partial charge >= 0.3 is 0 Å². The van der Waals surface area contributed by atoms with Gasteiger partial charge in [-0.2, -0.15) is 0 Å². The molecule has 0 spiro atoms. The van der Waals surface area contributed by atoms with Crippen molar-refractivity contribution in [2.24, 2.45) is 0 Å². The zero-order valence-electron chi connectivity index (χ0n) is 12.8. The molecule has 0 saturated heterocycles. The molecule has 0 heterocycles. The highest BCUT2D eigenvalue weighted by atomic mass is 16.5. The first-order valence-corrected chi connectivity index (χ1v) is 6.71. The molecule has 0 aliphatic heterocycles. The van der Waals surface area contributed by atoms with E-state index in [2.05, 4.69) is 38.2 Å². The van der Waals surface area contributed by atoms with Crippen molar-refractivity contribution in [2.45, 2.75) is 52.5 Å². The molecule has 0 aliphatic rings. The second-order valence-electron chi connectivity index (χ2n) is 6.18. The predicted molar refractivity (Wildman–Crippen MR) is 78.7 cm³/mol. The molecular weight excluding hydrogens is 238 g/mol. The third-order valence-corrected chi connectivity index (χ3v) is 2.95. The minimum absolute atomic E-state index is 0.0272. The molecule has 0 aromatic heterocycles. The maximum Gasteiger partial charge on any atom is 0.224 e. The molecule has 106 valence electrons. The van der Waals surface area contributed by atoms with Crippen LogP contribution in [0.5, 0.6) is 5.75 Å². The first-order chi connectivity index (χ1) is 8.74. The van der Waals surface area contributed by atoms with Crippen LogP contribution in [0.1, 0.15) is 45.7 Å². The summed E-state index contributed by atoms with van der Waals surface area (Å²) in [6.07, 6.45) is 0.352. The lowest BCUT2D eigenvalue weighted by molar-refractivity contribution is -0.120. The zero-order chi connectivity index (χ0) is 14.6. The predicted octanol–water partition coefficient (Wildman–Crippen LogP) is 3.06. The molecule has 0 radical (unpaired) electrons. The SMILES string of the molecule is COc1ccc(C(C)(C)C)cc1CC(=O)NC(C)C. The van der Waals surface area contributed by atoms with Crippen LogP contribution in [0.25, 0.3) is 0 Å². The van der Waals surface area contributed by atoms with Gasteiger partial charge in [0.2, 0.25) is 5.91 Å². The van der Waals surface area contributed by atoms with Crippen LogP contribution in [0.3, 0.4) is 0 Å². The Morgan fingerprint density at radius 1 is 1.32 bits per heavy atom. The van der Waals surface area contributed by atoms with Crippen molar-refractivity contribution in [3.05, 3.63) is 29.3 Å². The number of hydrogen-bond donors (Lipinski definition) is 1. The van der Waals surface area contributed by atoms with Crippen LogP contribution in [0.15, 0.2) is 18.2 Å². The lowest BCUT2D eigenvalue weighted by Gasteiger charge is -2.21. The Hall–Kier alpha value is -1.51. The van der Waals surface area contributed by atoms with E-state index in [4.69, 9.17) is 4.74 Å². The van der Waals surface area contributed by atoms with Gasteiger partial charge in [0.25, 0.3) is 0 Å². The average Bonchev–Trinajstić information content (AvgIpc) is 2.26. The van der Waals surface area contributed by atoms with Crippen molar-refractivity contribution in [2.75, 3.05) is 7.11 Å². The highest BCUT2D eigenvalue weighted by Gasteiger charge is 2.17. The average molecular weight is 263 g/mol. The summed E-state index contributed by atoms with van der Waals surface area (Å²) >= 11 is 0. The Morgan fingerprint density at radius 3 is 2.42 bits per heavy atom. The second kappa shape index (κ2) is 6.09. The monoisotopic (exact) mass is 263 g/mol. The van der Waals surface area contributed by atoms with E-state index >= 15 is 0 Å². The summed E-state index contributed by atoms with van der Waals surface area (Å²) in [5.41, 5.74) is 2.21. The lowest BCUT2D eigenvalue weighted by Crippen LogP contribution is -2.31. The van der Waals surface area contributed by atoms with Crippen molar-refractivity contribution in [1.82, 2.24) is 5.32 Å². The van der Waals surface area contributed by atoms with E-state index in [1.165, 1.54) is 5.56 Å². The van der Waals surface area contributed by atoms with Crippen LogP contribution < -0.4 is 10.1 Å². The first-order valence-electron chi connectivity index (χ1n) is 6.71. The molecule has 1 N–H and O–H groups in total. The Morgan fingerprint density at radius 2 is 1.95 bits per heavy atom. The van der Waals surface area contributed by atoms with E-state index < -0.39 is 0 Å². The third kappa shape index (κ3) is 4.58. The summed E-state index contributed by atoms with van der Waals surface area (Å²) in [4.78, 5) is 11.9. The van der Waals surface area contributed by atoms with Gasteiger partial charge in [-0.15, -0.1) is 0 Å². The van der Waals surface area contributed by atoms with Gasteiger partial charge in [-0.05, 0) is 30.9 Å². The van der Waals surface area contributed by atoms with Gasteiger partial charge < -0.3 is 10.1 Å². The molecule has 1 rings (SSSR count). The van der Waals surface area contributed by atoms with E-state index in [-0.39, 0.29) is 17.4 Å². The van der Waals surface area contributed by atoms with Crippen LogP contribution in [0, 0.1) is 0 Å². The molecule has 0 saturated carbocycles. The summed E-state index contributed by atoms with van der Waals surface area (Å²) in [6, 6.07) is 6.23. The molecule has 3 heteroatoms. The molecule has 1 amide bonds. The van der Waals surface area contributed by atoms with E-state index in [1.54, 1.807) is 7.11 Å². The number of carbonyl (C=O) groups is 1. The number of methoxy groups -OCH3 is 1. The Balaban J connectivity index is 3.00. The van der Waals surface area contributed by atoms with Crippen LogP contribution in [-0.4, -0.2) is 19.1 Å². The maximum absolute atomic E-state index is 11.9. The summed E-state index contributed by atoms with van der Waals surface area (Å²) in [6.45, 7) is 10.4. The van der Waals surface area contributed by atoms with Crippen molar-refractivity contribution in [3.8, 4) is 5.75 Å². The van der Waals surface area contributed by atoms with Gasteiger partial charge in [-0.3, -0.25) is 4.79 Å². The summed E-state index contributed by atoms with van der Waals surface area (Å²) in [5.74, 6) is 0.797. The van der Waals surface area contributed by atoms with Gasteiger partial charge in [0.15, 0.2) is 0 Å². The Kier molecular flexibility index (Phi) is 4.98. The normalized spacial score (nSPS) is 11.5. The minimum atomic E-state index is 0.0272.